The van der Waals surface area contributed by atoms with Crippen molar-refractivity contribution >= 4 is 40.3 Å². The lowest BCUT2D eigenvalue weighted by atomic mass is 10.1. The molecular formula is C27H37IN4O4. The van der Waals surface area contributed by atoms with Crippen molar-refractivity contribution in [3.8, 4) is 0 Å². The Labute approximate surface area is 227 Å². The summed E-state index contributed by atoms with van der Waals surface area (Å²) in [5, 5.41) is 6.45. The summed E-state index contributed by atoms with van der Waals surface area (Å²) < 4.78 is 11.2. The van der Waals surface area contributed by atoms with E-state index in [9.17, 15) is 9.59 Å². The van der Waals surface area contributed by atoms with Crippen molar-refractivity contribution in [1.82, 2.24) is 15.2 Å². The maximum absolute atomic E-state index is 12.1. The number of pyridine rings is 1. The Morgan fingerprint density at radius 2 is 1.97 bits per heavy atom. The number of benzene rings is 1. The average Bonchev–Trinajstić information content (AvgIpc) is 3.64. The van der Waals surface area contributed by atoms with E-state index in [-0.39, 0.29) is 12.0 Å². The molecular weight excluding hydrogens is 571 g/mol. The van der Waals surface area contributed by atoms with Crippen molar-refractivity contribution in [2.75, 3.05) is 39.1 Å². The van der Waals surface area contributed by atoms with E-state index in [0.717, 1.165) is 20.5 Å². The summed E-state index contributed by atoms with van der Waals surface area (Å²) in [6.07, 6.45) is 4.04. The van der Waals surface area contributed by atoms with E-state index in [1.807, 2.05) is 53.1 Å². The molecule has 1 aromatic heterocycles. The zero-order valence-electron chi connectivity index (χ0n) is 22.0. The van der Waals surface area contributed by atoms with Gasteiger partial charge in [-0.05, 0) is 105 Å². The molecule has 0 saturated heterocycles. The summed E-state index contributed by atoms with van der Waals surface area (Å²) in [4.78, 5) is 31.0. The molecule has 9 heteroatoms. The first-order chi connectivity index (χ1) is 17.0. The average molecular weight is 609 g/mol. The SMILES string of the molecule is COC(=O)c1cc(I)c(NC(CN(C)CCNC(=O)OC(C)(C)C)c2ccc(C3CC3)cn2)cc1C. The van der Waals surface area contributed by atoms with E-state index in [0.29, 0.717) is 31.1 Å². The smallest absolute Gasteiger partial charge is 0.407 e. The number of halogens is 1. The standard InChI is InChI=1S/C27H37IN4O4/c1-17-13-23(21(28)14-20(17)25(33)35-6)31-24(22-10-9-19(15-30-22)18-7-8-18)16-32(5)12-11-29-26(34)36-27(2,3)4/h9-10,13-15,18,24,31H,7-8,11-12,16H2,1-6H3,(H,29,34). The lowest BCUT2D eigenvalue weighted by molar-refractivity contribution is 0.0522. The van der Waals surface area contributed by atoms with Gasteiger partial charge >= 0.3 is 12.1 Å². The number of aromatic nitrogens is 1. The minimum absolute atomic E-state index is 0.0957. The van der Waals surface area contributed by atoms with Gasteiger partial charge in [-0.2, -0.15) is 0 Å². The largest absolute Gasteiger partial charge is 0.465 e. The Bertz CT molecular complexity index is 1060. The molecule has 1 heterocycles. The van der Waals surface area contributed by atoms with E-state index < -0.39 is 11.7 Å². The fourth-order valence-corrected chi connectivity index (χ4v) is 4.49. The number of nitrogens with one attached hydrogen (secondary N) is 2. The van der Waals surface area contributed by atoms with Gasteiger partial charge in [0.2, 0.25) is 0 Å². The third kappa shape index (κ3) is 8.33. The van der Waals surface area contributed by atoms with Crippen LogP contribution in [-0.2, 0) is 9.47 Å². The molecule has 1 aromatic carbocycles. The number of aryl methyl sites for hydroxylation is 1. The van der Waals surface area contributed by atoms with Crippen LogP contribution in [0, 0.1) is 10.5 Å². The zero-order valence-corrected chi connectivity index (χ0v) is 24.1. The molecule has 0 radical (unpaired) electrons. The molecule has 196 valence electrons. The highest BCUT2D eigenvalue weighted by Gasteiger charge is 2.25. The second-order valence-corrected chi connectivity index (χ2v) is 11.5. The monoisotopic (exact) mass is 608 g/mol. The van der Waals surface area contributed by atoms with Crippen molar-refractivity contribution in [3.63, 3.8) is 0 Å². The van der Waals surface area contributed by atoms with E-state index in [4.69, 9.17) is 14.5 Å². The number of esters is 1. The van der Waals surface area contributed by atoms with Crippen molar-refractivity contribution in [1.29, 1.82) is 0 Å². The van der Waals surface area contributed by atoms with Crippen LogP contribution in [0.15, 0.2) is 30.5 Å². The van der Waals surface area contributed by atoms with Gasteiger partial charge in [-0.15, -0.1) is 0 Å². The Morgan fingerprint density at radius 1 is 1.25 bits per heavy atom. The highest BCUT2D eigenvalue weighted by atomic mass is 127. The van der Waals surface area contributed by atoms with Gasteiger partial charge in [-0.25, -0.2) is 9.59 Å². The molecule has 1 saturated carbocycles. The topological polar surface area (TPSA) is 92.8 Å². The Hall–Kier alpha value is -2.40. The van der Waals surface area contributed by atoms with E-state index in [2.05, 4.69) is 50.3 Å². The molecule has 0 aliphatic heterocycles. The lowest BCUT2D eigenvalue weighted by Gasteiger charge is -2.27. The third-order valence-corrected chi connectivity index (χ3v) is 6.81. The molecule has 2 aromatic rings. The van der Waals surface area contributed by atoms with Gasteiger partial charge in [0.1, 0.15) is 5.60 Å². The number of amides is 1. The first-order valence-corrected chi connectivity index (χ1v) is 13.3. The van der Waals surface area contributed by atoms with Crippen molar-refractivity contribution in [2.24, 2.45) is 0 Å². The highest BCUT2D eigenvalue weighted by Crippen LogP contribution is 2.39. The molecule has 0 bridgehead atoms. The van der Waals surface area contributed by atoms with Crippen molar-refractivity contribution < 1.29 is 19.1 Å². The van der Waals surface area contributed by atoms with Crippen LogP contribution in [0.3, 0.4) is 0 Å². The number of ether oxygens (including phenoxy) is 2. The number of hydrogen-bond acceptors (Lipinski definition) is 7. The van der Waals surface area contributed by atoms with E-state index in [1.54, 1.807) is 0 Å². The number of rotatable bonds is 10. The molecule has 2 N–H and O–H groups in total. The Balaban J connectivity index is 1.72. The van der Waals surface area contributed by atoms with E-state index >= 15 is 0 Å². The van der Waals surface area contributed by atoms with Crippen LogP contribution in [0.4, 0.5) is 10.5 Å². The third-order valence-electron chi connectivity index (χ3n) is 5.92. The van der Waals surface area contributed by atoms with Crippen molar-refractivity contribution in [3.05, 3.63) is 56.4 Å². The fourth-order valence-electron chi connectivity index (χ4n) is 3.87. The maximum Gasteiger partial charge on any atom is 0.407 e. The predicted molar refractivity (Wildman–Crippen MR) is 150 cm³/mol. The normalized spacial score (nSPS) is 14.3. The van der Waals surface area contributed by atoms with Gasteiger partial charge in [-0.1, -0.05) is 6.07 Å². The second-order valence-electron chi connectivity index (χ2n) is 10.3. The number of nitrogens with zero attached hydrogens (tertiary/aromatic N) is 2. The summed E-state index contributed by atoms with van der Waals surface area (Å²) in [6.45, 7) is 9.22. The predicted octanol–water partition coefficient (Wildman–Crippen LogP) is 5.27. The lowest BCUT2D eigenvalue weighted by Crippen LogP contribution is -2.38. The van der Waals surface area contributed by atoms with Gasteiger partial charge in [0.15, 0.2) is 0 Å². The first kappa shape index (κ1) is 28.2. The Kier molecular flexibility index (Phi) is 9.57. The van der Waals surface area contributed by atoms with Gasteiger partial charge in [0.05, 0.1) is 24.4 Å². The first-order valence-electron chi connectivity index (χ1n) is 12.2. The minimum atomic E-state index is -0.526. The van der Waals surface area contributed by atoms with Gasteiger partial charge in [0, 0.05) is 35.1 Å². The van der Waals surface area contributed by atoms with Crippen LogP contribution in [0.1, 0.15) is 72.8 Å². The fraction of sp³-hybridized carbons (Fsp3) is 0.519. The number of carbonyl (C=O) groups excluding carboxylic acids is 2. The van der Waals surface area contributed by atoms with E-state index in [1.165, 1.54) is 25.5 Å². The number of likely N-dealkylation sites (N-methyl/N-ethyl adjacent to an activating group) is 1. The number of hydrogen-bond donors (Lipinski definition) is 2. The maximum atomic E-state index is 12.1. The molecule has 1 unspecified atom stereocenters. The van der Waals surface area contributed by atoms with Crippen LogP contribution in [0.5, 0.6) is 0 Å². The number of anilines is 1. The molecule has 1 fully saturated rings. The highest BCUT2D eigenvalue weighted by molar-refractivity contribution is 14.1. The molecule has 0 spiro atoms. The zero-order chi connectivity index (χ0) is 26.5. The summed E-state index contributed by atoms with van der Waals surface area (Å²) in [6, 6.07) is 8.00. The summed E-state index contributed by atoms with van der Waals surface area (Å²) in [7, 11) is 3.40. The molecule has 1 aliphatic carbocycles. The van der Waals surface area contributed by atoms with Crippen LogP contribution >= 0.6 is 22.6 Å². The molecule has 36 heavy (non-hydrogen) atoms. The molecule has 1 amide bonds. The van der Waals surface area contributed by atoms with Gasteiger partial charge in [-0.3, -0.25) is 4.98 Å². The summed E-state index contributed by atoms with van der Waals surface area (Å²) in [5.41, 5.74) is 4.04. The molecule has 8 nitrogen and oxygen atoms in total. The van der Waals surface area contributed by atoms with Crippen molar-refractivity contribution in [2.45, 2.75) is 58.1 Å². The van der Waals surface area contributed by atoms with Crippen LogP contribution in [0.2, 0.25) is 0 Å². The van der Waals surface area contributed by atoms with Crippen LogP contribution in [0.25, 0.3) is 0 Å². The minimum Gasteiger partial charge on any atom is -0.465 e. The van der Waals surface area contributed by atoms with Gasteiger partial charge in [0.25, 0.3) is 0 Å². The second kappa shape index (κ2) is 12.2. The number of methoxy groups -OCH3 is 1. The number of carbonyl (C=O) groups is 2. The quantitative estimate of drug-likeness (QED) is 0.281. The number of alkyl carbamates (subject to hydrolysis) is 1. The van der Waals surface area contributed by atoms with Gasteiger partial charge < -0.3 is 25.0 Å². The Morgan fingerprint density at radius 3 is 2.56 bits per heavy atom. The van der Waals surface area contributed by atoms with Crippen LogP contribution in [-0.4, -0.2) is 61.3 Å². The summed E-state index contributed by atoms with van der Waals surface area (Å²) >= 11 is 2.24. The summed E-state index contributed by atoms with van der Waals surface area (Å²) in [5.74, 6) is 0.303. The van der Waals surface area contributed by atoms with Crippen LogP contribution < -0.4 is 10.6 Å². The molecule has 3 rings (SSSR count). The molecule has 1 atom stereocenters. The molecule has 1 aliphatic rings.